The number of benzene rings is 1. The van der Waals surface area contributed by atoms with Gasteiger partial charge in [-0.25, -0.2) is 4.98 Å². The highest BCUT2D eigenvalue weighted by atomic mass is 79.9. The first-order valence-electron chi connectivity index (χ1n) is 4.32. The van der Waals surface area contributed by atoms with Gasteiger partial charge in [0.25, 0.3) is 0 Å². The van der Waals surface area contributed by atoms with Crippen molar-refractivity contribution < 1.29 is 0 Å². The van der Waals surface area contributed by atoms with Crippen molar-refractivity contribution in [3.63, 3.8) is 0 Å². The van der Waals surface area contributed by atoms with Crippen molar-refractivity contribution in [2.75, 3.05) is 5.32 Å². The zero-order valence-corrected chi connectivity index (χ0v) is 9.08. The largest absolute Gasteiger partial charge is 0.366 e. The van der Waals surface area contributed by atoms with Crippen molar-refractivity contribution in [3.05, 3.63) is 46.8 Å². The molecule has 3 nitrogen and oxygen atoms in total. The molecule has 1 aromatic heterocycles. The predicted octanol–water partition coefficient (Wildman–Crippen LogP) is 2.78. The molecule has 0 saturated carbocycles. The molecule has 1 heterocycles. The van der Waals surface area contributed by atoms with Crippen molar-refractivity contribution in [3.8, 4) is 0 Å². The van der Waals surface area contributed by atoms with Gasteiger partial charge in [0.1, 0.15) is 5.82 Å². The van der Waals surface area contributed by atoms with Crippen LogP contribution in [-0.2, 0) is 6.54 Å². The van der Waals surface area contributed by atoms with E-state index in [0.29, 0.717) is 0 Å². The number of rotatable bonds is 3. The third kappa shape index (κ3) is 2.14. The first-order chi connectivity index (χ1) is 6.86. The number of aromatic amines is 1. The molecule has 14 heavy (non-hydrogen) atoms. The molecule has 0 amide bonds. The van der Waals surface area contributed by atoms with E-state index in [1.54, 1.807) is 12.5 Å². The van der Waals surface area contributed by atoms with Gasteiger partial charge >= 0.3 is 0 Å². The molecular weight excluding hydrogens is 242 g/mol. The number of aromatic nitrogens is 2. The van der Waals surface area contributed by atoms with Crippen molar-refractivity contribution in [1.82, 2.24) is 9.97 Å². The van der Waals surface area contributed by atoms with Crippen LogP contribution in [0.5, 0.6) is 0 Å². The Bertz CT molecular complexity index is 398. The molecule has 0 bridgehead atoms. The van der Waals surface area contributed by atoms with Crippen LogP contribution in [0.25, 0.3) is 0 Å². The quantitative estimate of drug-likeness (QED) is 0.881. The van der Waals surface area contributed by atoms with E-state index in [9.17, 15) is 0 Å². The second kappa shape index (κ2) is 4.28. The third-order valence-corrected chi connectivity index (χ3v) is 2.70. The first-order valence-corrected chi connectivity index (χ1v) is 5.11. The van der Waals surface area contributed by atoms with Gasteiger partial charge in [0.05, 0.1) is 12.5 Å². The Morgan fingerprint density at radius 2 is 2.21 bits per heavy atom. The van der Waals surface area contributed by atoms with Crippen molar-refractivity contribution in [2.45, 2.75) is 6.54 Å². The Hall–Kier alpha value is -1.29. The van der Waals surface area contributed by atoms with E-state index in [1.807, 2.05) is 18.2 Å². The lowest BCUT2D eigenvalue weighted by atomic mass is 10.2. The lowest BCUT2D eigenvalue weighted by Crippen LogP contribution is -1.99. The van der Waals surface area contributed by atoms with Crippen LogP contribution in [-0.4, -0.2) is 9.97 Å². The maximum atomic E-state index is 3.93. The lowest BCUT2D eigenvalue weighted by Gasteiger charge is -2.05. The summed E-state index contributed by atoms with van der Waals surface area (Å²) in [4.78, 5) is 6.92. The molecule has 0 atom stereocenters. The first kappa shape index (κ1) is 9.27. The van der Waals surface area contributed by atoms with Gasteiger partial charge in [-0.2, -0.15) is 0 Å². The van der Waals surface area contributed by atoms with Gasteiger partial charge < -0.3 is 10.3 Å². The molecule has 0 aliphatic carbocycles. The number of hydrogen-bond acceptors (Lipinski definition) is 2. The fourth-order valence-electron chi connectivity index (χ4n) is 1.18. The molecular formula is C10H10BrN3. The number of H-pyrrole nitrogens is 1. The molecule has 0 spiro atoms. The van der Waals surface area contributed by atoms with E-state index >= 15 is 0 Å². The van der Waals surface area contributed by atoms with Crippen molar-refractivity contribution in [2.24, 2.45) is 0 Å². The molecule has 1 aromatic carbocycles. The maximum Gasteiger partial charge on any atom is 0.123 e. The minimum Gasteiger partial charge on any atom is -0.366 e. The topological polar surface area (TPSA) is 40.7 Å². The highest BCUT2D eigenvalue weighted by Gasteiger charge is 1.98. The SMILES string of the molecule is Brc1ccccc1CNc1cnc[nH]1. The molecule has 2 N–H and O–H groups in total. The van der Waals surface area contributed by atoms with Gasteiger partial charge in [-0.3, -0.25) is 0 Å². The van der Waals surface area contributed by atoms with Crippen LogP contribution in [0.4, 0.5) is 5.82 Å². The Labute approximate surface area is 90.7 Å². The zero-order valence-electron chi connectivity index (χ0n) is 7.50. The van der Waals surface area contributed by atoms with Gasteiger partial charge in [-0.05, 0) is 11.6 Å². The van der Waals surface area contributed by atoms with Gasteiger partial charge in [0.15, 0.2) is 0 Å². The van der Waals surface area contributed by atoms with Crippen molar-refractivity contribution >= 4 is 21.7 Å². The summed E-state index contributed by atoms with van der Waals surface area (Å²) >= 11 is 3.49. The van der Waals surface area contributed by atoms with Crippen molar-refractivity contribution in [1.29, 1.82) is 0 Å². The standard InChI is InChI=1S/C10H10BrN3/c11-9-4-2-1-3-8(9)5-13-10-6-12-7-14-10/h1-4,6-7,13H,5H2,(H,12,14). The molecule has 2 rings (SSSR count). The predicted molar refractivity (Wildman–Crippen MR) is 60.1 cm³/mol. The minimum absolute atomic E-state index is 0.781. The van der Waals surface area contributed by atoms with E-state index in [-0.39, 0.29) is 0 Å². The van der Waals surface area contributed by atoms with Crippen LogP contribution in [0.2, 0.25) is 0 Å². The number of nitrogens with one attached hydrogen (secondary N) is 2. The van der Waals surface area contributed by atoms with Gasteiger partial charge in [0.2, 0.25) is 0 Å². The second-order valence-electron chi connectivity index (χ2n) is 2.91. The summed E-state index contributed by atoms with van der Waals surface area (Å²) in [6, 6.07) is 8.13. The van der Waals surface area contributed by atoms with Gasteiger partial charge in [-0.15, -0.1) is 0 Å². The molecule has 4 heteroatoms. The lowest BCUT2D eigenvalue weighted by molar-refractivity contribution is 1.11. The molecule has 72 valence electrons. The summed E-state index contributed by atoms with van der Waals surface area (Å²) in [5, 5.41) is 3.23. The average Bonchev–Trinajstić information content (AvgIpc) is 2.69. The van der Waals surface area contributed by atoms with Crippen LogP contribution < -0.4 is 5.32 Å². The van der Waals surface area contributed by atoms with Gasteiger partial charge in [-0.1, -0.05) is 34.1 Å². The van der Waals surface area contributed by atoms with E-state index < -0.39 is 0 Å². The molecule has 0 saturated heterocycles. The van der Waals surface area contributed by atoms with E-state index in [2.05, 4.69) is 37.3 Å². The summed E-state index contributed by atoms with van der Waals surface area (Å²) in [5.74, 6) is 0.931. The highest BCUT2D eigenvalue weighted by Crippen LogP contribution is 2.16. The van der Waals surface area contributed by atoms with Crippen LogP contribution in [0.3, 0.4) is 0 Å². The van der Waals surface area contributed by atoms with Crippen LogP contribution in [0, 0.1) is 0 Å². The number of hydrogen-bond donors (Lipinski definition) is 2. The van der Waals surface area contributed by atoms with E-state index in [0.717, 1.165) is 16.8 Å². The average molecular weight is 252 g/mol. The Kier molecular flexibility index (Phi) is 2.84. The summed E-state index contributed by atoms with van der Waals surface area (Å²) in [7, 11) is 0. The summed E-state index contributed by atoms with van der Waals surface area (Å²) in [6.07, 6.45) is 3.42. The van der Waals surface area contributed by atoms with E-state index in [4.69, 9.17) is 0 Å². The Balaban J connectivity index is 2.02. The second-order valence-corrected chi connectivity index (χ2v) is 3.76. The molecule has 0 unspecified atom stereocenters. The van der Waals surface area contributed by atoms with E-state index in [1.165, 1.54) is 5.56 Å². The maximum absolute atomic E-state index is 3.93. The summed E-state index contributed by atoms with van der Waals surface area (Å²) in [6.45, 7) is 0.781. The number of nitrogens with zero attached hydrogens (tertiary/aromatic N) is 1. The number of imidazole rings is 1. The fraction of sp³-hybridized carbons (Fsp3) is 0.100. The molecule has 0 radical (unpaired) electrons. The number of anilines is 1. The number of halogens is 1. The Morgan fingerprint density at radius 3 is 2.93 bits per heavy atom. The van der Waals surface area contributed by atoms with Crippen LogP contribution in [0.1, 0.15) is 5.56 Å². The third-order valence-electron chi connectivity index (χ3n) is 1.93. The van der Waals surface area contributed by atoms with Gasteiger partial charge in [0, 0.05) is 11.0 Å². The molecule has 0 aliphatic rings. The molecule has 0 fully saturated rings. The zero-order chi connectivity index (χ0) is 9.80. The summed E-state index contributed by atoms with van der Waals surface area (Å²) in [5.41, 5.74) is 1.22. The minimum atomic E-state index is 0.781. The monoisotopic (exact) mass is 251 g/mol. The van der Waals surface area contributed by atoms with Crippen LogP contribution >= 0.6 is 15.9 Å². The molecule has 2 aromatic rings. The summed E-state index contributed by atoms with van der Waals surface area (Å²) < 4.78 is 1.12. The Morgan fingerprint density at radius 1 is 1.36 bits per heavy atom. The molecule has 0 aliphatic heterocycles. The fourth-order valence-corrected chi connectivity index (χ4v) is 1.61. The smallest absolute Gasteiger partial charge is 0.123 e. The normalized spacial score (nSPS) is 10.1. The highest BCUT2D eigenvalue weighted by molar-refractivity contribution is 9.10. The van der Waals surface area contributed by atoms with Crippen LogP contribution in [0.15, 0.2) is 41.3 Å².